The highest BCUT2D eigenvalue weighted by atomic mass is 19.1. The molecule has 0 saturated carbocycles. The molecule has 0 unspecified atom stereocenters. The Morgan fingerprint density at radius 3 is 2.71 bits per heavy atom. The third-order valence-electron chi connectivity index (χ3n) is 8.12. The zero-order valence-electron chi connectivity index (χ0n) is 24.7. The first-order valence-electron chi connectivity index (χ1n) is 14.8. The summed E-state index contributed by atoms with van der Waals surface area (Å²) in [6.07, 6.45) is 1.20. The summed E-state index contributed by atoms with van der Waals surface area (Å²) in [4.78, 5) is 12.1. The molecular weight excluding hydrogens is 573 g/mol. The Morgan fingerprint density at radius 2 is 1.96 bits per heavy atom. The number of nitrogens with one attached hydrogen (secondary N) is 1. The van der Waals surface area contributed by atoms with Gasteiger partial charge in [-0.05, 0) is 66.2 Å². The van der Waals surface area contributed by atoms with Crippen LogP contribution in [0.25, 0.3) is 33.3 Å². The molecule has 1 aliphatic rings. The molecule has 0 amide bonds. The van der Waals surface area contributed by atoms with Crippen molar-refractivity contribution in [2.75, 3.05) is 13.2 Å². The van der Waals surface area contributed by atoms with E-state index in [9.17, 15) is 4.39 Å². The molecule has 1 aliphatic heterocycles. The van der Waals surface area contributed by atoms with E-state index < -0.39 is 5.82 Å². The van der Waals surface area contributed by atoms with Crippen molar-refractivity contribution in [3.05, 3.63) is 95.1 Å². The number of nitrogens with zero attached hydrogens (tertiary/aromatic N) is 8. The molecule has 11 nitrogen and oxygen atoms in total. The number of hydrogen-bond donors (Lipinski definition) is 1. The molecule has 1 saturated heterocycles. The first-order chi connectivity index (χ1) is 22.1. The maximum absolute atomic E-state index is 14.3. The van der Waals surface area contributed by atoms with Gasteiger partial charge >= 0.3 is 0 Å². The van der Waals surface area contributed by atoms with Crippen LogP contribution in [0, 0.1) is 17.1 Å². The fraction of sp³-hybridized carbons (Fsp3) is 0.273. The zero-order chi connectivity index (χ0) is 30.8. The monoisotopic (exact) mass is 603 g/mol. The molecule has 0 bridgehead atoms. The van der Waals surface area contributed by atoms with Gasteiger partial charge in [-0.1, -0.05) is 25.1 Å². The van der Waals surface area contributed by atoms with Crippen LogP contribution in [-0.2, 0) is 31.0 Å². The Balaban J connectivity index is 1.10. The summed E-state index contributed by atoms with van der Waals surface area (Å²) in [6, 6.07) is 22.3. The molecule has 7 rings (SSSR count). The van der Waals surface area contributed by atoms with E-state index in [4.69, 9.17) is 19.7 Å². The summed E-state index contributed by atoms with van der Waals surface area (Å²) in [5.41, 5.74) is 5.34. The Bertz CT molecular complexity index is 2020. The summed E-state index contributed by atoms with van der Waals surface area (Å²) in [7, 11) is 0. The minimum atomic E-state index is -0.474. The van der Waals surface area contributed by atoms with Gasteiger partial charge in [0.25, 0.3) is 0 Å². The fourth-order valence-electron chi connectivity index (χ4n) is 5.50. The minimum Gasteiger partial charge on any atom is -0.473 e. The highest BCUT2D eigenvalue weighted by Crippen LogP contribution is 2.27. The molecule has 12 heteroatoms. The first kappa shape index (κ1) is 28.5. The molecule has 1 atom stereocenters. The van der Waals surface area contributed by atoms with Gasteiger partial charge in [0.05, 0.1) is 47.4 Å². The Hall–Kier alpha value is -5.25. The van der Waals surface area contributed by atoms with Crippen molar-refractivity contribution in [2.45, 2.75) is 45.7 Å². The number of hydrogen-bond acceptors (Lipinski definition) is 9. The van der Waals surface area contributed by atoms with Crippen LogP contribution >= 0.6 is 0 Å². The van der Waals surface area contributed by atoms with Crippen LogP contribution in [-0.4, -0.2) is 59.3 Å². The second-order valence-electron chi connectivity index (χ2n) is 11.0. The lowest BCUT2D eigenvalue weighted by Gasteiger charge is -2.28. The SMILES string of the molecule is CCN(Cc1ccc2ccc(OCc3ccc(C#N)cc3F)nc2c1)Cc1nc2ccc(-c3nn[nH]n3)cc2n1C[C@@H]1CCO1. The lowest BCUT2D eigenvalue weighted by atomic mass is 10.1. The van der Waals surface area contributed by atoms with Gasteiger partial charge in [0.1, 0.15) is 18.2 Å². The summed E-state index contributed by atoms with van der Waals surface area (Å²) in [6.45, 7) is 5.85. The van der Waals surface area contributed by atoms with Crippen molar-refractivity contribution in [3.63, 3.8) is 0 Å². The summed E-state index contributed by atoms with van der Waals surface area (Å²) >= 11 is 0. The normalized spacial score (nSPS) is 14.6. The average molecular weight is 604 g/mol. The number of halogens is 1. The summed E-state index contributed by atoms with van der Waals surface area (Å²) < 4.78 is 28.2. The molecule has 0 radical (unpaired) electrons. The van der Waals surface area contributed by atoms with E-state index in [1.54, 1.807) is 18.2 Å². The molecule has 0 aliphatic carbocycles. The predicted octanol–water partition coefficient (Wildman–Crippen LogP) is 5.17. The Labute approximate surface area is 258 Å². The van der Waals surface area contributed by atoms with E-state index in [-0.39, 0.29) is 18.3 Å². The smallest absolute Gasteiger partial charge is 0.214 e. The summed E-state index contributed by atoms with van der Waals surface area (Å²) in [5, 5.41) is 24.5. The highest BCUT2D eigenvalue weighted by molar-refractivity contribution is 5.81. The maximum Gasteiger partial charge on any atom is 0.214 e. The number of imidazole rings is 1. The molecule has 1 fully saturated rings. The van der Waals surface area contributed by atoms with E-state index in [2.05, 4.69) is 66.3 Å². The van der Waals surface area contributed by atoms with Crippen LogP contribution in [0.1, 0.15) is 35.9 Å². The van der Waals surface area contributed by atoms with Gasteiger partial charge < -0.3 is 14.0 Å². The first-order valence-corrected chi connectivity index (χ1v) is 14.8. The molecule has 4 heterocycles. The van der Waals surface area contributed by atoms with Crippen LogP contribution in [0.15, 0.2) is 66.7 Å². The van der Waals surface area contributed by atoms with Gasteiger partial charge in [-0.2, -0.15) is 10.5 Å². The van der Waals surface area contributed by atoms with Crippen molar-refractivity contribution in [1.82, 2.24) is 40.1 Å². The molecule has 226 valence electrons. The Morgan fingerprint density at radius 1 is 1.07 bits per heavy atom. The third kappa shape index (κ3) is 6.08. The number of benzene rings is 3. The van der Waals surface area contributed by atoms with E-state index in [1.807, 2.05) is 24.3 Å². The predicted molar refractivity (Wildman–Crippen MR) is 164 cm³/mol. The number of rotatable bonds is 11. The largest absolute Gasteiger partial charge is 0.473 e. The molecule has 0 spiro atoms. The molecule has 1 N–H and O–H groups in total. The van der Waals surface area contributed by atoms with Gasteiger partial charge in [-0.15, -0.1) is 10.2 Å². The highest BCUT2D eigenvalue weighted by Gasteiger charge is 2.23. The van der Waals surface area contributed by atoms with Crippen molar-refractivity contribution in [3.8, 4) is 23.3 Å². The third-order valence-corrected chi connectivity index (χ3v) is 8.12. The van der Waals surface area contributed by atoms with E-state index in [1.165, 1.54) is 6.07 Å². The van der Waals surface area contributed by atoms with E-state index in [0.29, 0.717) is 30.4 Å². The van der Waals surface area contributed by atoms with Crippen LogP contribution in [0.3, 0.4) is 0 Å². The molecular formula is C33H30FN9O2. The van der Waals surface area contributed by atoms with Gasteiger partial charge in [0.2, 0.25) is 11.7 Å². The topological polar surface area (TPSA) is 131 Å². The minimum absolute atomic E-state index is 0.0167. The average Bonchev–Trinajstić information content (AvgIpc) is 3.69. The zero-order valence-corrected chi connectivity index (χ0v) is 24.7. The lowest BCUT2D eigenvalue weighted by molar-refractivity contribution is -0.0592. The number of aromatic amines is 1. The van der Waals surface area contributed by atoms with E-state index in [0.717, 1.165) is 65.0 Å². The van der Waals surface area contributed by atoms with Gasteiger partial charge in [-0.3, -0.25) is 4.90 Å². The maximum atomic E-state index is 14.3. The van der Waals surface area contributed by atoms with Crippen molar-refractivity contribution >= 4 is 21.9 Å². The molecule has 45 heavy (non-hydrogen) atoms. The number of tetrazole rings is 1. The number of fused-ring (bicyclic) bond motifs is 2. The number of pyridine rings is 1. The summed E-state index contributed by atoms with van der Waals surface area (Å²) in [5.74, 6) is 1.44. The van der Waals surface area contributed by atoms with Gasteiger partial charge in [0.15, 0.2) is 0 Å². The van der Waals surface area contributed by atoms with Gasteiger partial charge in [0, 0.05) is 35.7 Å². The second-order valence-corrected chi connectivity index (χ2v) is 11.0. The lowest BCUT2D eigenvalue weighted by Crippen LogP contribution is -2.32. The van der Waals surface area contributed by atoms with Crippen LogP contribution in [0.2, 0.25) is 0 Å². The standard InChI is InChI=1S/C33H30FN9O2/c1-2-42(19-31-36-28-9-7-24(33-38-40-41-39-33)15-30(28)43(31)18-26-11-12-44-26)17-22-4-5-23-8-10-32(37-29(23)14-22)45-20-25-6-3-21(16-35)13-27(25)34/h3-10,13-15,26H,2,11-12,17-20H2,1H3,(H,38,39,40,41)/t26-/m0/s1. The molecule has 6 aromatic rings. The fourth-order valence-corrected chi connectivity index (χ4v) is 5.50. The number of aromatic nitrogens is 7. The van der Waals surface area contributed by atoms with Gasteiger partial charge in [-0.25, -0.2) is 14.4 Å². The number of nitriles is 1. The van der Waals surface area contributed by atoms with Crippen molar-refractivity contribution in [2.24, 2.45) is 0 Å². The number of ether oxygens (including phenoxy) is 2. The van der Waals surface area contributed by atoms with Crippen LogP contribution in [0.4, 0.5) is 4.39 Å². The molecule has 3 aromatic carbocycles. The quantitative estimate of drug-likeness (QED) is 0.213. The molecule has 3 aromatic heterocycles. The second kappa shape index (κ2) is 12.4. The van der Waals surface area contributed by atoms with Crippen molar-refractivity contribution in [1.29, 1.82) is 5.26 Å². The Kier molecular flexibility index (Phi) is 7.85. The van der Waals surface area contributed by atoms with Crippen molar-refractivity contribution < 1.29 is 13.9 Å². The van der Waals surface area contributed by atoms with Crippen LogP contribution in [0.5, 0.6) is 5.88 Å². The van der Waals surface area contributed by atoms with Crippen LogP contribution < -0.4 is 4.74 Å². The van der Waals surface area contributed by atoms with E-state index >= 15 is 0 Å². The number of H-pyrrole nitrogens is 1.